The number of Topliss-reactive ketones (excluding diaryl/α,β-unsaturated/α-hetero) is 1. The highest BCUT2D eigenvalue weighted by atomic mass is 16.1. The lowest BCUT2D eigenvalue weighted by Crippen LogP contribution is -2.28. The maximum atomic E-state index is 11.9. The monoisotopic (exact) mass is 190 g/mol. The third-order valence-corrected chi connectivity index (χ3v) is 2.94. The highest BCUT2D eigenvalue weighted by molar-refractivity contribution is 5.97. The molecule has 0 aliphatic heterocycles. The van der Waals surface area contributed by atoms with Crippen LogP contribution < -0.4 is 0 Å². The van der Waals surface area contributed by atoms with Gasteiger partial charge in [0.05, 0.1) is 0 Å². The molecule has 0 aromatic carbocycles. The van der Waals surface area contributed by atoms with Crippen LogP contribution in [0.5, 0.6) is 0 Å². The number of hydrogen-bond donors (Lipinski definition) is 0. The van der Waals surface area contributed by atoms with Gasteiger partial charge in [0.15, 0.2) is 5.78 Å². The van der Waals surface area contributed by atoms with Gasteiger partial charge in [0.1, 0.15) is 0 Å². The molecule has 0 fully saturated rings. The van der Waals surface area contributed by atoms with Crippen LogP contribution in [0, 0.1) is 11.8 Å². The highest BCUT2D eigenvalue weighted by Crippen LogP contribution is 2.33. The van der Waals surface area contributed by atoms with E-state index in [1.54, 1.807) is 0 Å². The Morgan fingerprint density at radius 1 is 1.71 bits per heavy atom. The predicted molar refractivity (Wildman–Crippen MR) is 60.0 cm³/mol. The van der Waals surface area contributed by atoms with Crippen LogP contribution >= 0.6 is 0 Å². The number of ketones is 1. The summed E-state index contributed by atoms with van der Waals surface area (Å²) in [5.41, 5.74) is 2.00. The summed E-state index contributed by atoms with van der Waals surface area (Å²) in [5.74, 6) is 0.656. The number of carbonyl (C=O) groups excluding carboxylic acids is 1. The second-order valence-corrected chi connectivity index (χ2v) is 4.07. The smallest absolute Gasteiger partial charge is 0.162 e. The Balaban J connectivity index is 2.92. The van der Waals surface area contributed by atoms with Crippen LogP contribution in [-0.2, 0) is 4.79 Å². The molecule has 2 atom stereocenters. The normalized spacial score (nSPS) is 27.0. The number of carbonyl (C=O) groups is 1. The lowest BCUT2D eigenvalue weighted by Gasteiger charge is -2.28. The molecule has 1 nitrogen and oxygen atoms in total. The van der Waals surface area contributed by atoms with E-state index in [-0.39, 0.29) is 11.7 Å². The van der Waals surface area contributed by atoms with E-state index in [9.17, 15) is 4.79 Å². The third-order valence-electron chi connectivity index (χ3n) is 2.94. The molecule has 1 aliphatic rings. The summed E-state index contributed by atoms with van der Waals surface area (Å²) in [5, 5.41) is 0. The third kappa shape index (κ3) is 2.03. The first-order valence-electron chi connectivity index (χ1n) is 5.05. The molecule has 0 heterocycles. The summed E-state index contributed by atoms with van der Waals surface area (Å²) in [4.78, 5) is 11.9. The van der Waals surface area contributed by atoms with Crippen LogP contribution in [0.4, 0.5) is 0 Å². The summed E-state index contributed by atoms with van der Waals surface area (Å²) in [6.45, 7) is 11.6. The average Bonchev–Trinajstić information content (AvgIpc) is 2.13. The molecule has 1 heteroatoms. The fourth-order valence-electron chi connectivity index (χ4n) is 2.04. The van der Waals surface area contributed by atoms with Gasteiger partial charge in [0, 0.05) is 5.92 Å². The molecule has 0 aromatic rings. The van der Waals surface area contributed by atoms with E-state index in [1.807, 2.05) is 26.0 Å². The van der Waals surface area contributed by atoms with Gasteiger partial charge in [0.2, 0.25) is 0 Å². The molecule has 0 radical (unpaired) electrons. The van der Waals surface area contributed by atoms with E-state index in [0.29, 0.717) is 5.92 Å². The van der Waals surface area contributed by atoms with Crippen LogP contribution in [0.2, 0.25) is 0 Å². The van der Waals surface area contributed by atoms with Crippen LogP contribution in [0.15, 0.2) is 36.5 Å². The molecule has 1 aliphatic carbocycles. The van der Waals surface area contributed by atoms with Crippen molar-refractivity contribution in [1.29, 1.82) is 0 Å². The largest absolute Gasteiger partial charge is 0.294 e. The fourth-order valence-corrected chi connectivity index (χ4v) is 2.04. The van der Waals surface area contributed by atoms with Gasteiger partial charge in [-0.25, -0.2) is 0 Å². The first-order chi connectivity index (χ1) is 6.57. The molecule has 14 heavy (non-hydrogen) atoms. The minimum absolute atomic E-state index is 0.0787. The second kappa shape index (κ2) is 4.41. The molecular formula is C13H18O. The SMILES string of the molecule is C=CC[C@H]1C(=O)C(C)=CC[C@H]1C(=C)C. The zero-order valence-electron chi connectivity index (χ0n) is 9.05. The Labute approximate surface area is 86.2 Å². The lowest BCUT2D eigenvalue weighted by atomic mass is 9.74. The lowest BCUT2D eigenvalue weighted by molar-refractivity contribution is -0.120. The van der Waals surface area contributed by atoms with Crippen molar-refractivity contribution in [3.05, 3.63) is 36.5 Å². The molecule has 0 spiro atoms. The van der Waals surface area contributed by atoms with E-state index < -0.39 is 0 Å². The minimum atomic E-state index is 0.0787. The van der Waals surface area contributed by atoms with Crippen molar-refractivity contribution in [1.82, 2.24) is 0 Å². The summed E-state index contributed by atoms with van der Waals surface area (Å²) < 4.78 is 0. The Bertz CT molecular complexity index is 296. The van der Waals surface area contributed by atoms with Crippen molar-refractivity contribution < 1.29 is 4.79 Å². The molecule has 0 amide bonds. The van der Waals surface area contributed by atoms with Crippen molar-refractivity contribution in [2.75, 3.05) is 0 Å². The summed E-state index contributed by atoms with van der Waals surface area (Å²) in [6.07, 6.45) is 5.57. The van der Waals surface area contributed by atoms with Crippen molar-refractivity contribution in [3.8, 4) is 0 Å². The van der Waals surface area contributed by atoms with E-state index in [2.05, 4.69) is 13.2 Å². The van der Waals surface area contributed by atoms with Gasteiger partial charge in [-0.1, -0.05) is 24.3 Å². The predicted octanol–water partition coefficient (Wildman–Crippen LogP) is 3.29. The zero-order chi connectivity index (χ0) is 10.7. The average molecular weight is 190 g/mol. The van der Waals surface area contributed by atoms with E-state index in [0.717, 1.165) is 24.0 Å². The topological polar surface area (TPSA) is 17.1 Å². The molecular weight excluding hydrogens is 172 g/mol. The van der Waals surface area contributed by atoms with E-state index in [4.69, 9.17) is 0 Å². The molecule has 0 bridgehead atoms. The number of rotatable bonds is 3. The van der Waals surface area contributed by atoms with Gasteiger partial charge in [-0.2, -0.15) is 0 Å². The molecule has 0 N–H and O–H groups in total. The van der Waals surface area contributed by atoms with Gasteiger partial charge in [-0.05, 0) is 38.2 Å². The van der Waals surface area contributed by atoms with Crippen molar-refractivity contribution in [3.63, 3.8) is 0 Å². The first-order valence-corrected chi connectivity index (χ1v) is 5.05. The Morgan fingerprint density at radius 3 is 2.86 bits per heavy atom. The summed E-state index contributed by atoms with van der Waals surface area (Å²) in [6, 6.07) is 0. The summed E-state index contributed by atoms with van der Waals surface area (Å²) >= 11 is 0. The zero-order valence-corrected chi connectivity index (χ0v) is 9.05. The molecule has 0 aromatic heterocycles. The molecule has 0 saturated heterocycles. The Kier molecular flexibility index (Phi) is 3.45. The maximum Gasteiger partial charge on any atom is 0.162 e. The van der Waals surface area contributed by atoms with Crippen molar-refractivity contribution in [2.45, 2.75) is 26.7 Å². The van der Waals surface area contributed by atoms with Gasteiger partial charge >= 0.3 is 0 Å². The number of allylic oxidation sites excluding steroid dienone is 4. The molecule has 0 unspecified atom stereocenters. The van der Waals surface area contributed by atoms with Crippen LogP contribution in [0.1, 0.15) is 26.7 Å². The fraction of sp³-hybridized carbons (Fsp3) is 0.462. The first kappa shape index (κ1) is 11.0. The standard InChI is InChI=1S/C13H18O/c1-5-6-12-11(9(2)3)8-7-10(4)13(12)14/h5,7,11-12H,1-2,6,8H2,3-4H3/t11-,12+/m0/s1. The van der Waals surface area contributed by atoms with E-state index >= 15 is 0 Å². The van der Waals surface area contributed by atoms with Crippen LogP contribution in [0.25, 0.3) is 0 Å². The van der Waals surface area contributed by atoms with E-state index in [1.165, 1.54) is 0 Å². The Hall–Kier alpha value is -1.11. The quantitative estimate of drug-likeness (QED) is 0.624. The van der Waals surface area contributed by atoms with Crippen LogP contribution in [0.3, 0.4) is 0 Å². The van der Waals surface area contributed by atoms with Crippen LogP contribution in [-0.4, -0.2) is 5.78 Å². The molecule has 76 valence electrons. The molecule has 0 saturated carbocycles. The van der Waals surface area contributed by atoms with Gasteiger partial charge < -0.3 is 0 Å². The van der Waals surface area contributed by atoms with Crippen molar-refractivity contribution in [2.24, 2.45) is 11.8 Å². The Morgan fingerprint density at radius 2 is 2.36 bits per heavy atom. The molecule has 1 rings (SSSR count). The van der Waals surface area contributed by atoms with Gasteiger partial charge in [0.25, 0.3) is 0 Å². The van der Waals surface area contributed by atoms with Crippen molar-refractivity contribution >= 4 is 5.78 Å². The van der Waals surface area contributed by atoms with Gasteiger partial charge in [-0.3, -0.25) is 4.79 Å². The second-order valence-electron chi connectivity index (χ2n) is 4.07. The minimum Gasteiger partial charge on any atom is -0.294 e. The summed E-state index contributed by atoms with van der Waals surface area (Å²) in [7, 11) is 0. The van der Waals surface area contributed by atoms with Gasteiger partial charge in [-0.15, -0.1) is 6.58 Å². The number of hydrogen-bond acceptors (Lipinski definition) is 1. The maximum absolute atomic E-state index is 11.9. The highest BCUT2D eigenvalue weighted by Gasteiger charge is 2.30.